The van der Waals surface area contributed by atoms with Gasteiger partial charge in [-0.1, -0.05) is 17.3 Å². The Hall–Kier alpha value is -1.84. The van der Waals surface area contributed by atoms with Crippen LogP contribution in [0.3, 0.4) is 0 Å². The second-order valence-electron chi connectivity index (χ2n) is 2.69. The van der Waals surface area contributed by atoms with E-state index in [2.05, 4.69) is 5.16 Å². The van der Waals surface area contributed by atoms with Crippen LogP contribution in [0.4, 0.5) is 0 Å². The van der Waals surface area contributed by atoms with Gasteiger partial charge in [-0.25, -0.2) is 0 Å². The predicted molar refractivity (Wildman–Crippen MR) is 45.2 cm³/mol. The Kier molecular flexibility index (Phi) is 1.73. The number of ether oxygens (including phenoxy) is 1. The molecule has 2 rings (SSSR count). The van der Waals surface area contributed by atoms with Crippen LogP contribution in [0.5, 0.6) is 5.75 Å². The van der Waals surface area contributed by atoms with E-state index in [-0.39, 0.29) is 18.1 Å². The fraction of sp³-hybridized carbons (Fsp3) is 0.111. The van der Waals surface area contributed by atoms with Crippen LogP contribution in [0, 0.1) is 0 Å². The van der Waals surface area contributed by atoms with Gasteiger partial charge in [-0.2, -0.15) is 0 Å². The first-order chi connectivity index (χ1) is 6.31. The molecule has 0 spiro atoms. The third kappa shape index (κ3) is 1.26. The number of Topliss-reactive ketones (excluding diaryl/α,β-unsaturated/α-hetero) is 1. The van der Waals surface area contributed by atoms with E-state index in [9.17, 15) is 4.79 Å². The topological polar surface area (TPSA) is 58.9 Å². The van der Waals surface area contributed by atoms with Gasteiger partial charge in [0.2, 0.25) is 5.90 Å². The van der Waals surface area contributed by atoms with Crippen molar-refractivity contribution in [1.82, 2.24) is 0 Å². The van der Waals surface area contributed by atoms with E-state index in [1.165, 1.54) is 0 Å². The molecule has 0 radical (unpaired) electrons. The summed E-state index contributed by atoms with van der Waals surface area (Å²) in [6.07, 6.45) is 0.0213. The highest BCUT2D eigenvalue weighted by atomic mass is 16.5. The van der Waals surface area contributed by atoms with Gasteiger partial charge in [-0.05, 0) is 12.1 Å². The fourth-order valence-corrected chi connectivity index (χ4v) is 1.24. The maximum Gasteiger partial charge on any atom is 0.238 e. The van der Waals surface area contributed by atoms with E-state index in [1.807, 2.05) is 0 Å². The maximum atomic E-state index is 11.4. The molecule has 1 heterocycles. The Bertz CT molecular complexity index is 384. The van der Waals surface area contributed by atoms with Crippen LogP contribution in [0.15, 0.2) is 29.4 Å². The molecule has 4 heteroatoms. The van der Waals surface area contributed by atoms with Gasteiger partial charge in [0, 0.05) is 0 Å². The lowest BCUT2D eigenvalue weighted by Crippen LogP contribution is -2.21. The number of fused-ring (bicyclic) bond motifs is 1. The van der Waals surface area contributed by atoms with E-state index < -0.39 is 0 Å². The Balaban J connectivity index is 2.48. The molecule has 0 fully saturated rings. The average Bonchev–Trinajstić information content (AvgIpc) is 2.18. The molecular weight excluding hydrogens is 170 g/mol. The molecule has 0 atom stereocenters. The number of rotatable bonds is 0. The molecule has 1 aromatic carbocycles. The van der Waals surface area contributed by atoms with E-state index in [4.69, 9.17) is 9.94 Å². The van der Waals surface area contributed by atoms with Crippen molar-refractivity contribution in [2.75, 3.05) is 0 Å². The number of benzene rings is 1. The molecule has 0 aromatic heterocycles. The summed E-state index contributed by atoms with van der Waals surface area (Å²) < 4.78 is 5.13. The second-order valence-corrected chi connectivity index (χ2v) is 2.69. The van der Waals surface area contributed by atoms with Crippen LogP contribution >= 0.6 is 0 Å². The number of carbonyl (C=O) groups excluding carboxylic acids is 1. The minimum absolute atomic E-state index is 0.0213. The van der Waals surface area contributed by atoms with E-state index in [0.717, 1.165) is 0 Å². The smallest absolute Gasteiger partial charge is 0.238 e. The zero-order chi connectivity index (χ0) is 9.26. The Morgan fingerprint density at radius 2 is 2.15 bits per heavy atom. The number of nitrogens with zero attached hydrogens (tertiary/aromatic N) is 1. The van der Waals surface area contributed by atoms with Crippen LogP contribution < -0.4 is 4.74 Å². The third-order valence-electron chi connectivity index (χ3n) is 1.84. The van der Waals surface area contributed by atoms with Crippen molar-refractivity contribution in [1.29, 1.82) is 0 Å². The zero-order valence-corrected chi connectivity index (χ0v) is 6.73. The summed E-state index contributed by atoms with van der Waals surface area (Å²) in [4.78, 5) is 11.4. The van der Waals surface area contributed by atoms with Gasteiger partial charge in [0.25, 0.3) is 0 Å². The summed E-state index contributed by atoms with van der Waals surface area (Å²) >= 11 is 0. The molecular formula is C9H7NO3. The van der Waals surface area contributed by atoms with Crippen LogP contribution in [0.25, 0.3) is 0 Å². The van der Waals surface area contributed by atoms with Crippen LogP contribution in [-0.2, 0) is 0 Å². The van der Waals surface area contributed by atoms with E-state index in [0.29, 0.717) is 11.3 Å². The van der Waals surface area contributed by atoms with E-state index >= 15 is 0 Å². The number of carbonyl (C=O) groups is 1. The summed E-state index contributed by atoms with van der Waals surface area (Å²) in [5.74, 6) is 0.407. The third-order valence-corrected chi connectivity index (χ3v) is 1.84. The highest BCUT2D eigenvalue weighted by Crippen LogP contribution is 2.24. The molecule has 13 heavy (non-hydrogen) atoms. The Morgan fingerprint density at radius 1 is 1.38 bits per heavy atom. The molecule has 0 aliphatic carbocycles. The lowest BCUT2D eigenvalue weighted by Gasteiger charge is -2.15. The van der Waals surface area contributed by atoms with Crippen molar-refractivity contribution in [2.45, 2.75) is 6.42 Å². The average molecular weight is 177 g/mol. The molecule has 4 nitrogen and oxygen atoms in total. The number of hydrogen-bond acceptors (Lipinski definition) is 4. The minimum atomic E-state index is -0.0883. The zero-order valence-electron chi connectivity index (χ0n) is 6.73. The standard InChI is InChI=1S/C9H7NO3/c11-7-5-9(10-12)13-8-4-2-1-3-6(7)8/h1-4,12H,5H2. The summed E-state index contributed by atoms with van der Waals surface area (Å²) in [5, 5.41) is 11.3. The highest BCUT2D eigenvalue weighted by molar-refractivity contribution is 6.12. The van der Waals surface area contributed by atoms with Gasteiger partial charge in [0.1, 0.15) is 5.75 Å². The van der Waals surface area contributed by atoms with Crippen LogP contribution in [0.1, 0.15) is 16.8 Å². The molecule has 66 valence electrons. The van der Waals surface area contributed by atoms with Gasteiger partial charge in [0.15, 0.2) is 5.78 Å². The van der Waals surface area contributed by atoms with Gasteiger partial charge < -0.3 is 9.94 Å². The summed E-state index contributed by atoms with van der Waals surface area (Å²) in [5.41, 5.74) is 0.537. The number of oxime groups is 1. The van der Waals surface area contributed by atoms with Crippen LogP contribution in [0.2, 0.25) is 0 Å². The van der Waals surface area contributed by atoms with Crippen molar-refractivity contribution >= 4 is 11.7 Å². The molecule has 1 aliphatic heterocycles. The van der Waals surface area contributed by atoms with E-state index in [1.54, 1.807) is 24.3 Å². The quantitative estimate of drug-likeness (QED) is 0.481. The van der Waals surface area contributed by atoms with Gasteiger partial charge in [0.05, 0.1) is 12.0 Å². The van der Waals surface area contributed by atoms with Crippen molar-refractivity contribution in [3.05, 3.63) is 29.8 Å². The number of para-hydroxylation sites is 1. The fourth-order valence-electron chi connectivity index (χ4n) is 1.24. The van der Waals surface area contributed by atoms with Crippen molar-refractivity contribution in [3.63, 3.8) is 0 Å². The first kappa shape index (κ1) is 7.79. The monoisotopic (exact) mass is 177 g/mol. The lowest BCUT2D eigenvalue weighted by molar-refractivity contribution is 0.0984. The van der Waals surface area contributed by atoms with Crippen molar-refractivity contribution < 1.29 is 14.7 Å². The molecule has 0 saturated heterocycles. The second kappa shape index (κ2) is 2.90. The molecule has 0 bridgehead atoms. The maximum absolute atomic E-state index is 11.4. The summed E-state index contributed by atoms with van der Waals surface area (Å²) in [6, 6.07) is 6.87. The molecule has 1 aliphatic rings. The van der Waals surface area contributed by atoms with Crippen molar-refractivity contribution in [3.8, 4) is 5.75 Å². The minimum Gasteiger partial charge on any atom is -0.439 e. The molecule has 0 amide bonds. The largest absolute Gasteiger partial charge is 0.439 e. The SMILES string of the molecule is O=C1CC(=NO)Oc2ccccc21. The molecule has 1 N–H and O–H groups in total. The van der Waals surface area contributed by atoms with Gasteiger partial charge >= 0.3 is 0 Å². The van der Waals surface area contributed by atoms with Gasteiger partial charge in [-0.3, -0.25) is 4.79 Å². The first-order valence-electron chi connectivity index (χ1n) is 3.82. The first-order valence-corrected chi connectivity index (χ1v) is 3.82. The molecule has 0 saturated carbocycles. The summed E-state index contributed by atoms with van der Waals surface area (Å²) in [6.45, 7) is 0. The van der Waals surface area contributed by atoms with Gasteiger partial charge in [-0.15, -0.1) is 0 Å². The molecule has 1 aromatic rings. The molecule has 0 unspecified atom stereocenters. The predicted octanol–water partition coefficient (Wildman–Crippen LogP) is 1.44. The van der Waals surface area contributed by atoms with Crippen LogP contribution in [-0.4, -0.2) is 16.9 Å². The highest BCUT2D eigenvalue weighted by Gasteiger charge is 2.22. The normalized spacial score (nSPS) is 18.2. The lowest BCUT2D eigenvalue weighted by atomic mass is 10.1. The Labute approximate surface area is 74.4 Å². The van der Waals surface area contributed by atoms with Crippen molar-refractivity contribution in [2.24, 2.45) is 5.16 Å². The Morgan fingerprint density at radius 3 is 2.92 bits per heavy atom. The number of hydrogen-bond donors (Lipinski definition) is 1. The summed E-state index contributed by atoms with van der Waals surface area (Å²) in [7, 11) is 0. The number of ketones is 1.